The molecule has 1 atom stereocenters. The molecule has 28 heavy (non-hydrogen) atoms. The van der Waals surface area contributed by atoms with E-state index >= 15 is 0 Å². The maximum Gasteiger partial charge on any atom is 0.229 e. The smallest absolute Gasteiger partial charge is 0.229 e. The molecule has 2 heterocycles. The lowest BCUT2D eigenvalue weighted by Gasteiger charge is -2.31. The minimum atomic E-state index is -0.153. The van der Waals surface area contributed by atoms with E-state index in [1.54, 1.807) is 4.90 Å². The van der Waals surface area contributed by atoms with Crippen LogP contribution in [0.3, 0.4) is 0 Å². The molecule has 0 saturated carbocycles. The Morgan fingerprint density at radius 1 is 1.14 bits per heavy atom. The number of amides is 2. The van der Waals surface area contributed by atoms with Gasteiger partial charge in [-0.1, -0.05) is 25.1 Å². The highest BCUT2D eigenvalue weighted by molar-refractivity contribution is 5.93. The third kappa shape index (κ3) is 3.79. The van der Waals surface area contributed by atoms with Gasteiger partial charge < -0.3 is 14.6 Å². The third-order valence-corrected chi connectivity index (χ3v) is 5.31. The zero-order valence-corrected chi connectivity index (χ0v) is 16.0. The fourth-order valence-electron chi connectivity index (χ4n) is 3.73. The Morgan fingerprint density at radius 2 is 1.93 bits per heavy atom. The van der Waals surface area contributed by atoms with Crippen molar-refractivity contribution in [2.24, 2.45) is 5.92 Å². The summed E-state index contributed by atoms with van der Waals surface area (Å²) in [5.41, 5.74) is 2.58. The molecule has 0 aliphatic carbocycles. The summed E-state index contributed by atoms with van der Waals surface area (Å²) in [5, 5.41) is 4.05. The second kappa shape index (κ2) is 7.89. The molecule has 1 aliphatic rings. The number of hydrogen-bond donors (Lipinski definition) is 1. The van der Waals surface area contributed by atoms with Gasteiger partial charge in [0.05, 0.1) is 5.92 Å². The highest BCUT2D eigenvalue weighted by Crippen LogP contribution is 2.28. The van der Waals surface area contributed by atoms with Gasteiger partial charge in [-0.25, -0.2) is 0 Å². The molecular weight excluding hydrogens is 352 g/mol. The van der Waals surface area contributed by atoms with Crippen LogP contribution in [-0.2, 0) is 9.59 Å². The summed E-state index contributed by atoms with van der Waals surface area (Å²) in [5.74, 6) is 0.747. The maximum absolute atomic E-state index is 12.6. The summed E-state index contributed by atoms with van der Waals surface area (Å²) < 4.78 is 5.89. The van der Waals surface area contributed by atoms with Crippen LogP contribution in [-0.4, -0.2) is 29.8 Å². The van der Waals surface area contributed by atoms with Crippen molar-refractivity contribution < 1.29 is 14.0 Å². The summed E-state index contributed by atoms with van der Waals surface area (Å²) in [4.78, 5) is 26.3. The van der Waals surface area contributed by atoms with Crippen LogP contribution in [0.15, 0.2) is 59.0 Å². The van der Waals surface area contributed by atoms with E-state index < -0.39 is 0 Å². The zero-order chi connectivity index (χ0) is 19.5. The molecule has 0 spiro atoms. The lowest BCUT2D eigenvalue weighted by atomic mass is 9.96. The summed E-state index contributed by atoms with van der Waals surface area (Å²) in [6.07, 6.45) is 2.17. The van der Waals surface area contributed by atoms with Gasteiger partial charge in [-0.3, -0.25) is 9.59 Å². The van der Waals surface area contributed by atoms with Crippen molar-refractivity contribution >= 4 is 28.5 Å². The van der Waals surface area contributed by atoms with Gasteiger partial charge in [-0.2, -0.15) is 0 Å². The van der Waals surface area contributed by atoms with Crippen molar-refractivity contribution in [2.75, 3.05) is 18.4 Å². The summed E-state index contributed by atoms with van der Waals surface area (Å²) in [6.45, 7) is 3.12. The first-order chi connectivity index (χ1) is 13.6. The molecule has 2 amide bonds. The number of piperidine rings is 1. The second-order valence-corrected chi connectivity index (χ2v) is 7.25. The largest absolute Gasteiger partial charge is 0.456 e. The predicted molar refractivity (Wildman–Crippen MR) is 110 cm³/mol. The van der Waals surface area contributed by atoms with Crippen molar-refractivity contribution in [3.63, 3.8) is 0 Å². The first-order valence-electron chi connectivity index (χ1n) is 9.81. The summed E-state index contributed by atoms with van der Waals surface area (Å²) in [7, 11) is 0. The minimum absolute atomic E-state index is 0.0231. The Morgan fingerprint density at radius 3 is 2.68 bits per heavy atom. The Kier molecular flexibility index (Phi) is 5.15. The SMILES string of the molecule is CCC(=O)N1CCC[C@@H](C(=O)Nc2ccc(-c3cc4ccccc4o3)cc2)C1. The van der Waals surface area contributed by atoms with Crippen LogP contribution in [0.1, 0.15) is 26.2 Å². The number of carbonyl (C=O) groups is 2. The first kappa shape index (κ1) is 18.3. The molecule has 0 unspecified atom stereocenters. The molecule has 5 heteroatoms. The number of anilines is 1. The average Bonchev–Trinajstić information content (AvgIpc) is 3.18. The van der Waals surface area contributed by atoms with Gasteiger partial charge in [0.25, 0.3) is 0 Å². The standard InChI is InChI=1S/C23H24N2O3/c1-2-22(26)25-13-5-7-18(15-25)23(27)24-19-11-9-16(10-12-19)21-14-17-6-3-4-8-20(17)28-21/h3-4,6,8-12,14,18H,2,5,7,13,15H2,1H3,(H,24,27)/t18-/m1/s1. The monoisotopic (exact) mass is 376 g/mol. The lowest BCUT2D eigenvalue weighted by Crippen LogP contribution is -2.43. The number of rotatable bonds is 4. The van der Waals surface area contributed by atoms with Crippen molar-refractivity contribution in [2.45, 2.75) is 26.2 Å². The molecule has 5 nitrogen and oxygen atoms in total. The minimum Gasteiger partial charge on any atom is -0.456 e. The highest BCUT2D eigenvalue weighted by atomic mass is 16.3. The fourth-order valence-corrected chi connectivity index (χ4v) is 3.73. The third-order valence-electron chi connectivity index (χ3n) is 5.31. The van der Waals surface area contributed by atoms with Crippen LogP contribution >= 0.6 is 0 Å². The van der Waals surface area contributed by atoms with E-state index in [2.05, 4.69) is 5.32 Å². The fraction of sp³-hybridized carbons (Fsp3) is 0.304. The molecule has 144 valence electrons. The van der Waals surface area contributed by atoms with E-state index in [1.807, 2.05) is 61.5 Å². The molecule has 2 aromatic carbocycles. The number of benzene rings is 2. The van der Waals surface area contributed by atoms with Gasteiger partial charge >= 0.3 is 0 Å². The predicted octanol–water partition coefficient (Wildman–Crippen LogP) is 4.69. The number of hydrogen-bond acceptors (Lipinski definition) is 3. The van der Waals surface area contributed by atoms with E-state index in [9.17, 15) is 9.59 Å². The van der Waals surface area contributed by atoms with Crippen molar-refractivity contribution in [3.05, 3.63) is 54.6 Å². The van der Waals surface area contributed by atoms with Crippen LogP contribution < -0.4 is 5.32 Å². The van der Waals surface area contributed by atoms with Gasteiger partial charge in [-0.15, -0.1) is 0 Å². The Bertz CT molecular complexity index is 958. The highest BCUT2D eigenvalue weighted by Gasteiger charge is 2.27. The van der Waals surface area contributed by atoms with Crippen LogP contribution in [0.5, 0.6) is 0 Å². The Labute approximate surface area is 164 Å². The molecule has 4 rings (SSSR count). The Hall–Kier alpha value is -3.08. The van der Waals surface area contributed by atoms with Gasteiger partial charge in [0, 0.05) is 36.1 Å². The number of furan rings is 1. The molecule has 1 aliphatic heterocycles. The summed E-state index contributed by atoms with van der Waals surface area (Å²) in [6, 6.07) is 17.6. The average molecular weight is 376 g/mol. The number of carbonyl (C=O) groups excluding carboxylic acids is 2. The molecule has 1 saturated heterocycles. The zero-order valence-electron chi connectivity index (χ0n) is 16.0. The number of nitrogens with one attached hydrogen (secondary N) is 1. The molecule has 1 aromatic heterocycles. The van der Waals surface area contributed by atoms with Crippen molar-refractivity contribution in [1.82, 2.24) is 4.90 Å². The molecule has 3 aromatic rings. The van der Waals surface area contributed by atoms with Crippen LogP contribution in [0.2, 0.25) is 0 Å². The number of para-hydroxylation sites is 1. The molecule has 0 bridgehead atoms. The normalized spacial score (nSPS) is 16.9. The van der Waals surface area contributed by atoms with Gasteiger partial charge in [0.15, 0.2) is 0 Å². The lowest BCUT2D eigenvalue weighted by molar-refractivity contribution is -0.134. The van der Waals surface area contributed by atoms with E-state index in [0.717, 1.165) is 47.4 Å². The van der Waals surface area contributed by atoms with Crippen LogP contribution in [0.25, 0.3) is 22.3 Å². The van der Waals surface area contributed by atoms with Gasteiger partial charge in [0.2, 0.25) is 11.8 Å². The van der Waals surface area contributed by atoms with Gasteiger partial charge in [0.1, 0.15) is 11.3 Å². The second-order valence-electron chi connectivity index (χ2n) is 7.25. The molecule has 1 N–H and O–H groups in total. The maximum atomic E-state index is 12.6. The van der Waals surface area contributed by atoms with E-state index in [4.69, 9.17) is 4.42 Å². The van der Waals surface area contributed by atoms with E-state index in [-0.39, 0.29) is 17.7 Å². The molecule has 0 radical (unpaired) electrons. The van der Waals surface area contributed by atoms with Crippen molar-refractivity contribution in [1.29, 1.82) is 0 Å². The van der Waals surface area contributed by atoms with Gasteiger partial charge in [-0.05, 0) is 49.2 Å². The van der Waals surface area contributed by atoms with Crippen molar-refractivity contribution in [3.8, 4) is 11.3 Å². The first-order valence-corrected chi connectivity index (χ1v) is 9.81. The number of fused-ring (bicyclic) bond motifs is 1. The van der Waals surface area contributed by atoms with E-state index in [0.29, 0.717) is 13.0 Å². The number of nitrogens with zero attached hydrogens (tertiary/aromatic N) is 1. The quantitative estimate of drug-likeness (QED) is 0.719. The topological polar surface area (TPSA) is 62.6 Å². The molecule has 1 fully saturated rings. The van der Waals surface area contributed by atoms with Crippen LogP contribution in [0.4, 0.5) is 5.69 Å². The molecular formula is C23H24N2O3. The summed E-state index contributed by atoms with van der Waals surface area (Å²) >= 11 is 0. The Balaban J connectivity index is 1.42. The van der Waals surface area contributed by atoms with Crippen LogP contribution in [0, 0.1) is 5.92 Å². The number of likely N-dealkylation sites (tertiary alicyclic amines) is 1. The van der Waals surface area contributed by atoms with E-state index in [1.165, 1.54) is 0 Å².